The van der Waals surface area contributed by atoms with Gasteiger partial charge >= 0.3 is 0 Å². The van der Waals surface area contributed by atoms with Gasteiger partial charge < -0.3 is 5.32 Å². The van der Waals surface area contributed by atoms with E-state index in [-0.39, 0.29) is 15.5 Å². The molecule has 1 aliphatic carbocycles. The SMILES string of the molecule is CCC1(CNC(=O)c2cc(F)c(Br)c(S(=O)(=O)Cl)c2)CC1. The van der Waals surface area contributed by atoms with Gasteiger partial charge in [-0.15, -0.1) is 0 Å². The summed E-state index contributed by atoms with van der Waals surface area (Å²) in [6, 6.07) is 2.05. The summed E-state index contributed by atoms with van der Waals surface area (Å²) >= 11 is 2.82. The lowest BCUT2D eigenvalue weighted by Gasteiger charge is -2.14. The maximum absolute atomic E-state index is 13.7. The van der Waals surface area contributed by atoms with E-state index in [1.807, 2.05) is 0 Å². The van der Waals surface area contributed by atoms with Crippen molar-refractivity contribution < 1.29 is 17.6 Å². The molecule has 1 aromatic rings. The second-order valence-electron chi connectivity index (χ2n) is 5.24. The summed E-state index contributed by atoms with van der Waals surface area (Å²) in [6.07, 6.45) is 3.07. The Balaban J connectivity index is 2.24. The number of carbonyl (C=O) groups excluding carboxylic acids is 1. The van der Waals surface area contributed by atoms with Crippen molar-refractivity contribution in [3.8, 4) is 0 Å². The summed E-state index contributed by atoms with van der Waals surface area (Å²) in [5.74, 6) is -1.36. The minimum absolute atomic E-state index is 0.0678. The van der Waals surface area contributed by atoms with Crippen molar-refractivity contribution in [3.05, 3.63) is 28.0 Å². The molecule has 1 aromatic carbocycles. The minimum atomic E-state index is -4.14. The van der Waals surface area contributed by atoms with Crippen LogP contribution >= 0.6 is 26.6 Å². The average Bonchev–Trinajstić information content (AvgIpc) is 3.18. The van der Waals surface area contributed by atoms with Crippen LogP contribution in [0.2, 0.25) is 0 Å². The van der Waals surface area contributed by atoms with Gasteiger partial charge in [0.2, 0.25) is 0 Å². The Hall–Kier alpha value is -0.660. The fourth-order valence-electron chi connectivity index (χ4n) is 2.07. The van der Waals surface area contributed by atoms with E-state index in [1.54, 1.807) is 0 Å². The number of benzene rings is 1. The Morgan fingerprint density at radius 1 is 1.48 bits per heavy atom. The number of hydrogen-bond acceptors (Lipinski definition) is 3. The molecule has 4 nitrogen and oxygen atoms in total. The van der Waals surface area contributed by atoms with Gasteiger partial charge in [-0.05, 0) is 52.7 Å². The van der Waals surface area contributed by atoms with Crippen molar-refractivity contribution in [3.63, 3.8) is 0 Å². The minimum Gasteiger partial charge on any atom is -0.351 e. The molecule has 1 fully saturated rings. The molecule has 116 valence electrons. The lowest BCUT2D eigenvalue weighted by molar-refractivity contribution is 0.0943. The van der Waals surface area contributed by atoms with E-state index < -0.39 is 25.7 Å². The Labute approximate surface area is 135 Å². The van der Waals surface area contributed by atoms with Gasteiger partial charge in [-0.1, -0.05) is 6.92 Å². The molecule has 1 N–H and O–H groups in total. The van der Waals surface area contributed by atoms with Crippen LogP contribution in [-0.2, 0) is 9.05 Å². The molecule has 21 heavy (non-hydrogen) atoms. The normalized spacial score (nSPS) is 16.6. The van der Waals surface area contributed by atoms with E-state index in [2.05, 4.69) is 28.2 Å². The molecule has 0 radical (unpaired) electrons. The fourth-order valence-corrected chi connectivity index (χ4v) is 4.17. The van der Waals surface area contributed by atoms with Crippen LogP contribution in [0.5, 0.6) is 0 Å². The molecule has 1 saturated carbocycles. The van der Waals surface area contributed by atoms with E-state index in [0.717, 1.165) is 31.4 Å². The summed E-state index contributed by atoms with van der Waals surface area (Å²) in [5.41, 5.74) is 0.0761. The van der Waals surface area contributed by atoms with Gasteiger partial charge in [0.15, 0.2) is 0 Å². The average molecular weight is 399 g/mol. The zero-order valence-corrected chi connectivity index (χ0v) is 14.4. The highest BCUT2D eigenvalue weighted by Gasteiger charge is 2.40. The van der Waals surface area contributed by atoms with Gasteiger partial charge in [0.25, 0.3) is 15.0 Å². The first-order chi connectivity index (χ1) is 9.68. The van der Waals surface area contributed by atoms with Crippen molar-refractivity contribution in [1.29, 1.82) is 0 Å². The van der Waals surface area contributed by atoms with Crippen LogP contribution < -0.4 is 5.32 Å². The third-order valence-corrected chi connectivity index (χ3v) is 6.27. The number of carbonyl (C=O) groups is 1. The van der Waals surface area contributed by atoms with Gasteiger partial charge in [-0.25, -0.2) is 12.8 Å². The van der Waals surface area contributed by atoms with Crippen LogP contribution in [0.1, 0.15) is 36.5 Å². The van der Waals surface area contributed by atoms with Crippen LogP contribution in [0.3, 0.4) is 0 Å². The lowest BCUT2D eigenvalue weighted by atomic mass is 10.0. The van der Waals surface area contributed by atoms with Crippen molar-refractivity contribution in [1.82, 2.24) is 5.32 Å². The van der Waals surface area contributed by atoms with Crippen molar-refractivity contribution in [2.24, 2.45) is 5.41 Å². The van der Waals surface area contributed by atoms with E-state index >= 15 is 0 Å². The quantitative estimate of drug-likeness (QED) is 0.773. The van der Waals surface area contributed by atoms with Gasteiger partial charge in [0, 0.05) is 22.8 Å². The molecular weight excluding hydrogens is 385 g/mol. The zero-order valence-electron chi connectivity index (χ0n) is 11.3. The van der Waals surface area contributed by atoms with E-state index in [9.17, 15) is 17.6 Å². The Morgan fingerprint density at radius 2 is 2.10 bits per heavy atom. The highest BCUT2D eigenvalue weighted by molar-refractivity contribution is 9.10. The summed E-state index contributed by atoms with van der Waals surface area (Å²) in [5, 5.41) is 2.72. The third-order valence-electron chi connectivity index (χ3n) is 3.85. The first kappa shape index (κ1) is 16.7. The highest BCUT2D eigenvalue weighted by Crippen LogP contribution is 2.47. The second kappa shape index (κ2) is 5.85. The first-order valence-electron chi connectivity index (χ1n) is 6.40. The molecule has 0 bridgehead atoms. The Morgan fingerprint density at radius 3 is 2.57 bits per heavy atom. The molecule has 2 rings (SSSR count). The molecule has 0 heterocycles. The second-order valence-corrected chi connectivity index (χ2v) is 8.57. The van der Waals surface area contributed by atoms with Gasteiger partial charge in [-0.3, -0.25) is 4.79 Å². The topological polar surface area (TPSA) is 63.2 Å². The van der Waals surface area contributed by atoms with Crippen molar-refractivity contribution in [2.45, 2.75) is 31.1 Å². The number of hydrogen-bond donors (Lipinski definition) is 1. The number of rotatable bonds is 5. The summed E-state index contributed by atoms with van der Waals surface area (Å²) < 4.78 is 36.2. The third kappa shape index (κ3) is 3.76. The number of halogens is 3. The largest absolute Gasteiger partial charge is 0.351 e. The maximum Gasteiger partial charge on any atom is 0.262 e. The van der Waals surface area contributed by atoms with Crippen LogP contribution in [0.4, 0.5) is 4.39 Å². The van der Waals surface area contributed by atoms with E-state index in [4.69, 9.17) is 10.7 Å². The molecule has 8 heteroatoms. The first-order valence-corrected chi connectivity index (χ1v) is 9.51. The van der Waals surface area contributed by atoms with Gasteiger partial charge in [0.1, 0.15) is 10.7 Å². The smallest absolute Gasteiger partial charge is 0.262 e. The molecule has 1 aliphatic rings. The van der Waals surface area contributed by atoms with Crippen LogP contribution in [0, 0.1) is 11.2 Å². The Bertz CT molecular complexity index is 689. The van der Waals surface area contributed by atoms with Crippen molar-refractivity contribution in [2.75, 3.05) is 6.54 Å². The van der Waals surface area contributed by atoms with Crippen LogP contribution in [0.15, 0.2) is 21.5 Å². The molecule has 0 saturated heterocycles. The van der Waals surface area contributed by atoms with E-state index in [1.165, 1.54) is 0 Å². The van der Waals surface area contributed by atoms with Crippen LogP contribution in [-0.4, -0.2) is 20.9 Å². The standard InChI is InChI=1S/C13H14BrClFNO3S/c1-2-13(3-4-13)7-17-12(18)8-5-9(16)11(14)10(6-8)21(15,19)20/h5-6H,2-4,7H2,1H3,(H,17,18). The number of nitrogens with one attached hydrogen (secondary N) is 1. The van der Waals surface area contributed by atoms with Crippen LogP contribution in [0.25, 0.3) is 0 Å². The maximum atomic E-state index is 13.7. The summed E-state index contributed by atoms with van der Waals surface area (Å²) in [4.78, 5) is 11.6. The molecule has 0 spiro atoms. The molecule has 0 unspecified atom stereocenters. The summed E-state index contributed by atoms with van der Waals surface area (Å²) in [7, 11) is 1.10. The Kier molecular flexibility index (Phi) is 4.66. The van der Waals surface area contributed by atoms with Gasteiger partial charge in [0.05, 0.1) is 4.47 Å². The number of amides is 1. The van der Waals surface area contributed by atoms with Gasteiger partial charge in [-0.2, -0.15) is 0 Å². The monoisotopic (exact) mass is 397 g/mol. The molecule has 0 aliphatic heterocycles. The van der Waals surface area contributed by atoms with E-state index in [0.29, 0.717) is 6.54 Å². The predicted octanol–water partition coefficient (Wildman–Crippen LogP) is 3.44. The zero-order chi connectivity index (χ0) is 15.8. The molecule has 0 atom stereocenters. The predicted molar refractivity (Wildman–Crippen MR) is 81.4 cm³/mol. The summed E-state index contributed by atoms with van der Waals surface area (Å²) in [6.45, 7) is 2.56. The molecular formula is C13H14BrClFNO3S. The lowest BCUT2D eigenvalue weighted by Crippen LogP contribution is -2.30. The highest BCUT2D eigenvalue weighted by atomic mass is 79.9. The fraction of sp³-hybridized carbons (Fsp3) is 0.462. The molecule has 0 aromatic heterocycles. The van der Waals surface area contributed by atoms with Crippen molar-refractivity contribution >= 4 is 41.6 Å². The molecule has 1 amide bonds.